The fraction of sp³-hybridized carbons (Fsp3) is 0.267. The van der Waals surface area contributed by atoms with Crippen molar-refractivity contribution in [1.82, 2.24) is 15.2 Å². The summed E-state index contributed by atoms with van der Waals surface area (Å²) in [7, 11) is 0. The summed E-state index contributed by atoms with van der Waals surface area (Å²) < 4.78 is 0. The average Bonchev–Trinajstić information content (AvgIpc) is 3.32. The topological polar surface area (TPSA) is 94.6 Å². The molecule has 1 saturated heterocycles. The molecule has 6 rings (SSSR count). The van der Waals surface area contributed by atoms with Crippen molar-refractivity contribution in [2.75, 3.05) is 23.3 Å². The molecule has 0 spiro atoms. The monoisotopic (exact) mass is 539 g/mol. The highest BCUT2D eigenvalue weighted by molar-refractivity contribution is 7.21. The molecule has 3 aromatic rings. The van der Waals surface area contributed by atoms with Crippen molar-refractivity contribution in [2.24, 2.45) is 0 Å². The van der Waals surface area contributed by atoms with Crippen molar-refractivity contribution in [3.63, 3.8) is 0 Å². The van der Waals surface area contributed by atoms with Gasteiger partial charge in [0.15, 0.2) is 0 Å². The van der Waals surface area contributed by atoms with Crippen LogP contribution in [0.4, 0.5) is 16.2 Å². The predicted octanol–water partition coefficient (Wildman–Crippen LogP) is 5.36. The SMILES string of the molecule is C=CC(=O)N1CCCC(NC(=O)c2sc3nccc4c3c2NC(=O)N4[C@@]2(C)C=CC=C(c3ccccc3)C2)C1. The van der Waals surface area contributed by atoms with E-state index in [1.807, 2.05) is 30.3 Å². The third-order valence-electron chi connectivity index (χ3n) is 7.65. The molecule has 2 aliphatic heterocycles. The quantitative estimate of drug-likeness (QED) is 0.427. The molecule has 198 valence electrons. The lowest BCUT2D eigenvalue weighted by molar-refractivity contribution is -0.127. The van der Waals surface area contributed by atoms with E-state index in [1.165, 1.54) is 17.4 Å². The van der Waals surface area contributed by atoms with E-state index >= 15 is 0 Å². The van der Waals surface area contributed by atoms with Crippen LogP contribution in [0.2, 0.25) is 0 Å². The van der Waals surface area contributed by atoms with Crippen LogP contribution >= 0.6 is 11.3 Å². The summed E-state index contributed by atoms with van der Waals surface area (Å²) in [5.41, 5.74) is 2.87. The van der Waals surface area contributed by atoms with Crippen LogP contribution in [0.15, 0.2) is 73.5 Å². The Balaban J connectivity index is 1.31. The van der Waals surface area contributed by atoms with Crippen LogP contribution in [0.3, 0.4) is 0 Å². The second kappa shape index (κ2) is 9.81. The number of likely N-dealkylation sites (tertiary alicyclic amines) is 1. The van der Waals surface area contributed by atoms with Crippen molar-refractivity contribution >= 4 is 56.3 Å². The third kappa shape index (κ3) is 4.42. The lowest BCUT2D eigenvalue weighted by Gasteiger charge is -2.43. The number of hydrogen-bond acceptors (Lipinski definition) is 5. The molecule has 9 heteroatoms. The fourth-order valence-corrected chi connectivity index (χ4v) is 6.83. The highest BCUT2D eigenvalue weighted by Gasteiger charge is 2.42. The molecular formula is C30H29N5O3S. The summed E-state index contributed by atoms with van der Waals surface area (Å²) in [4.78, 5) is 48.4. The number of amides is 4. The van der Waals surface area contributed by atoms with Gasteiger partial charge in [0.2, 0.25) is 5.91 Å². The van der Waals surface area contributed by atoms with E-state index < -0.39 is 5.54 Å². The van der Waals surface area contributed by atoms with Crippen LogP contribution in [0, 0.1) is 0 Å². The number of rotatable bonds is 5. The largest absolute Gasteiger partial charge is 0.347 e. The van der Waals surface area contributed by atoms with Crippen LogP contribution in [-0.2, 0) is 4.79 Å². The normalized spacial score (nSPS) is 22.3. The van der Waals surface area contributed by atoms with E-state index in [-0.39, 0.29) is 23.9 Å². The maximum atomic E-state index is 13.7. The van der Waals surface area contributed by atoms with Crippen LogP contribution in [-0.4, -0.2) is 52.4 Å². The Labute approximate surface area is 230 Å². The van der Waals surface area contributed by atoms with Crippen molar-refractivity contribution in [3.8, 4) is 0 Å². The number of nitrogens with one attached hydrogen (secondary N) is 2. The number of anilines is 2. The highest BCUT2D eigenvalue weighted by atomic mass is 32.1. The molecule has 4 amide bonds. The Bertz CT molecular complexity index is 1560. The van der Waals surface area contributed by atoms with Gasteiger partial charge in [0.05, 0.1) is 22.3 Å². The molecule has 1 unspecified atom stereocenters. The van der Waals surface area contributed by atoms with Gasteiger partial charge in [-0.2, -0.15) is 0 Å². The first-order chi connectivity index (χ1) is 18.9. The van der Waals surface area contributed by atoms with E-state index in [9.17, 15) is 14.4 Å². The Morgan fingerprint density at radius 2 is 2.08 bits per heavy atom. The van der Waals surface area contributed by atoms with Crippen molar-refractivity contribution in [3.05, 3.63) is 83.9 Å². The van der Waals surface area contributed by atoms with Gasteiger partial charge in [0, 0.05) is 31.7 Å². The first-order valence-corrected chi connectivity index (χ1v) is 13.9. The number of carbonyl (C=O) groups excluding carboxylic acids is 3. The van der Waals surface area contributed by atoms with Gasteiger partial charge in [-0.05, 0) is 43.0 Å². The molecule has 3 aliphatic rings. The molecule has 1 fully saturated rings. The minimum absolute atomic E-state index is 0.136. The maximum Gasteiger partial charge on any atom is 0.327 e. The molecule has 0 bridgehead atoms. The lowest BCUT2D eigenvalue weighted by atomic mass is 9.83. The number of aromatic nitrogens is 1. The van der Waals surface area contributed by atoms with Crippen molar-refractivity contribution in [2.45, 2.75) is 37.8 Å². The van der Waals surface area contributed by atoms with Gasteiger partial charge in [-0.3, -0.25) is 14.5 Å². The first kappa shape index (κ1) is 25.1. The van der Waals surface area contributed by atoms with Crippen LogP contribution in [0.5, 0.6) is 0 Å². The van der Waals surface area contributed by atoms with Crippen molar-refractivity contribution in [1.29, 1.82) is 0 Å². The van der Waals surface area contributed by atoms with Crippen LogP contribution in [0.1, 0.15) is 41.4 Å². The third-order valence-corrected chi connectivity index (χ3v) is 8.75. The molecule has 1 aromatic carbocycles. The predicted molar refractivity (Wildman–Crippen MR) is 155 cm³/mol. The Morgan fingerprint density at radius 3 is 2.87 bits per heavy atom. The minimum atomic E-state index is -0.621. The number of benzene rings is 1. The van der Waals surface area contributed by atoms with Gasteiger partial charge >= 0.3 is 6.03 Å². The number of hydrogen-bond donors (Lipinski definition) is 2. The second-order valence-corrected chi connectivity index (χ2v) is 11.3. The Morgan fingerprint density at radius 1 is 1.26 bits per heavy atom. The van der Waals surface area contributed by atoms with Gasteiger partial charge in [-0.25, -0.2) is 9.78 Å². The molecule has 0 radical (unpaired) electrons. The van der Waals surface area contributed by atoms with Gasteiger partial charge in [-0.1, -0.05) is 55.1 Å². The van der Waals surface area contributed by atoms with Crippen LogP contribution in [0.25, 0.3) is 15.8 Å². The molecule has 4 heterocycles. The van der Waals surface area contributed by atoms with E-state index in [1.54, 1.807) is 16.0 Å². The number of piperidine rings is 1. The molecular weight excluding hydrogens is 510 g/mol. The summed E-state index contributed by atoms with van der Waals surface area (Å²) in [5.74, 6) is -0.411. The number of nitrogens with zero attached hydrogens (tertiary/aromatic N) is 3. The van der Waals surface area contributed by atoms with E-state index in [2.05, 4.69) is 53.4 Å². The van der Waals surface area contributed by atoms with Gasteiger partial charge in [0.25, 0.3) is 5.91 Å². The van der Waals surface area contributed by atoms with Crippen LogP contribution < -0.4 is 15.5 Å². The van der Waals surface area contributed by atoms with Gasteiger partial charge < -0.3 is 15.5 Å². The average molecular weight is 540 g/mol. The number of allylic oxidation sites excluding steroid dienone is 2. The fourth-order valence-electron chi connectivity index (χ4n) is 5.81. The number of carbonyl (C=O) groups is 3. The molecule has 0 saturated carbocycles. The summed E-state index contributed by atoms with van der Waals surface area (Å²) in [5, 5.41) is 6.86. The zero-order valence-corrected chi connectivity index (χ0v) is 22.5. The molecule has 2 N–H and O–H groups in total. The van der Waals surface area contributed by atoms with E-state index in [4.69, 9.17) is 0 Å². The van der Waals surface area contributed by atoms with Gasteiger partial charge in [0.1, 0.15) is 9.71 Å². The smallest absolute Gasteiger partial charge is 0.327 e. The lowest BCUT2D eigenvalue weighted by Crippen LogP contribution is -2.53. The first-order valence-electron chi connectivity index (χ1n) is 13.1. The number of urea groups is 1. The zero-order chi connectivity index (χ0) is 27.1. The Kier molecular flexibility index (Phi) is 6.31. The second-order valence-electron chi connectivity index (χ2n) is 10.3. The van der Waals surface area contributed by atoms with Crippen molar-refractivity contribution < 1.29 is 14.4 Å². The summed E-state index contributed by atoms with van der Waals surface area (Å²) in [6.45, 7) is 6.70. The van der Waals surface area contributed by atoms with Gasteiger partial charge in [-0.15, -0.1) is 11.3 Å². The zero-order valence-electron chi connectivity index (χ0n) is 21.6. The van der Waals surface area contributed by atoms with E-state index in [0.717, 1.165) is 35.1 Å². The molecule has 8 nitrogen and oxygen atoms in total. The minimum Gasteiger partial charge on any atom is -0.347 e. The maximum absolute atomic E-state index is 13.7. The molecule has 39 heavy (non-hydrogen) atoms. The molecule has 2 atom stereocenters. The summed E-state index contributed by atoms with van der Waals surface area (Å²) in [6, 6.07) is 11.6. The highest BCUT2D eigenvalue weighted by Crippen LogP contribution is 2.47. The number of pyridine rings is 1. The van der Waals surface area contributed by atoms with E-state index in [0.29, 0.717) is 34.9 Å². The Hall–Kier alpha value is -4.24. The summed E-state index contributed by atoms with van der Waals surface area (Å²) >= 11 is 1.27. The molecule has 2 aromatic heterocycles. The molecule has 1 aliphatic carbocycles. The summed E-state index contributed by atoms with van der Waals surface area (Å²) in [6.07, 6.45) is 11.4. The number of thiophene rings is 1. The standard InChI is InChI=1S/C30H29N5O3S/c1-3-23(36)34-16-8-12-21(18-34)32-27(37)26-25-24-22(13-15-31-28(24)39-26)35(29(38)33-25)30(2)14-7-11-20(17-30)19-9-5-4-6-10-19/h3-7,9-11,13-15,21H,1,8,12,16-18H2,2H3,(H,32,37)(H,33,38)/t21?,30-/m0/s1.